The molecule has 3 aromatic carbocycles. The number of rotatable bonds is 7. The van der Waals surface area contributed by atoms with Crippen LogP contribution >= 0.6 is 0 Å². The second-order valence-corrected chi connectivity index (χ2v) is 9.21. The lowest BCUT2D eigenvalue weighted by molar-refractivity contribution is 0.0952. The third-order valence-electron chi connectivity index (χ3n) is 7.11. The van der Waals surface area contributed by atoms with Crippen LogP contribution in [0.3, 0.4) is 0 Å². The van der Waals surface area contributed by atoms with Gasteiger partial charge in [0.1, 0.15) is 5.75 Å². The van der Waals surface area contributed by atoms with Crippen molar-refractivity contribution < 1.29 is 9.53 Å². The van der Waals surface area contributed by atoms with Crippen LogP contribution in [0.2, 0.25) is 0 Å². The maximum Gasteiger partial charge on any atom is 0.251 e. The smallest absolute Gasteiger partial charge is 0.251 e. The first-order chi connectivity index (χ1) is 16.2. The monoisotopic (exact) mass is 443 g/mol. The minimum Gasteiger partial charge on any atom is -0.497 e. The number of ether oxygens (including phenoxy) is 1. The van der Waals surface area contributed by atoms with Crippen molar-refractivity contribution in [3.63, 3.8) is 0 Å². The molecule has 0 radical (unpaired) electrons. The van der Waals surface area contributed by atoms with Crippen LogP contribution in [-0.2, 0) is 6.42 Å². The van der Waals surface area contributed by atoms with E-state index < -0.39 is 0 Å². The number of fused-ring (bicyclic) bond motifs is 4. The van der Waals surface area contributed by atoms with Gasteiger partial charge in [0.2, 0.25) is 0 Å². The molecule has 0 aromatic heterocycles. The van der Waals surface area contributed by atoms with Crippen molar-refractivity contribution in [1.82, 2.24) is 10.2 Å². The predicted octanol–water partition coefficient (Wildman–Crippen LogP) is 4.50. The quantitative estimate of drug-likeness (QED) is 0.547. The molecule has 2 aliphatic heterocycles. The summed E-state index contributed by atoms with van der Waals surface area (Å²) in [5.41, 5.74) is 3.54. The molecule has 2 heterocycles. The van der Waals surface area contributed by atoms with Crippen LogP contribution in [0.5, 0.6) is 5.75 Å². The molecule has 0 aliphatic carbocycles. The standard InChI is InChI=1S/C28H33N3O2/c1-33-26-13-11-22-10-12-25-20-30(16-17-31(25)27(22)19-26)15-5-4-14-29-28(32)24-9-8-21-6-2-3-7-23(21)18-24/h2-3,6-9,11,13,18-19,25H,4-5,10,12,14-17,20H2,1H3,(H,29,32)/t25-/m1/s1. The predicted molar refractivity (Wildman–Crippen MR) is 134 cm³/mol. The SMILES string of the molecule is COc1ccc2c(c1)N1CCN(CCCCNC(=O)c3ccc4ccccc4c3)C[C@H]1CC2. The number of piperazine rings is 1. The van der Waals surface area contributed by atoms with Gasteiger partial charge in [-0.05, 0) is 66.8 Å². The van der Waals surface area contributed by atoms with E-state index in [0.717, 1.165) is 74.1 Å². The van der Waals surface area contributed by atoms with Crippen LogP contribution in [0.15, 0.2) is 60.7 Å². The van der Waals surface area contributed by atoms with E-state index in [4.69, 9.17) is 4.74 Å². The Labute approximate surface area is 196 Å². The maximum absolute atomic E-state index is 12.5. The van der Waals surface area contributed by atoms with Gasteiger partial charge >= 0.3 is 0 Å². The van der Waals surface area contributed by atoms with Crippen LogP contribution in [-0.4, -0.2) is 56.7 Å². The average Bonchev–Trinajstić information content (AvgIpc) is 2.87. The van der Waals surface area contributed by atoms with Gasteiger partial charge in [-0.1, -0.05) is 36.4 Å². The normalized spacial score (nSPS) is 18.0. The van der Waals surface area contributed by atoms with Gasteiger partial charge in [-0.2, -0.15) is 0 Å². The largest absolute Gasteiger partial charge is 0.497 e. The number of hydrogen-bond acceptors (Lipinski definition) is 4. The molecule has 1 amide bonds. The van der Waals surface area contributed by atoms with Crippen LogP contribution in [0, 0.1) is 0 Å². The Balaban J connectivity index is 1.06. The van der Waals surface area contributed by atoms with Crippen molar-refractivity contribution in [3.05, 3.63) is 71.8 Å². The Hall–Kier alpha value is -3.05. The Bertz CT molecular complexity index is 1130. The van der Waals surface area contributed by atoms with Gasteiger partial charge < -0.3 is 15.0 Å². The maximum atomic E-state index is 12.5. The second kappa shape index (κ2) is 9.84. The van der Waals surface area contributed by atoms with Crippen LogP contribution in [0.25, 0.3) is 10.8 Å². The summed E-state index contributed by atoms with van der Waals surface area (Å²) in [6.45, 7) is 5.11. The molecular weight excluding hydrogens is 410 g/mol. The number of aryl methyl sites for hydroxylation is 1. The van der Waals surface area contributed by atoms with Gasteiger partial charge in [0, 0.05) is 49.5 Å². The summed E-state index contributed by atoms with van der Waals surface area (Å²) in [7, 11) is 1.74. The number of amides is 1. The molecule has 5 rings (SSSR count). The van der Waals surface area contributed by atoms with E-state index in [1.165, 1.54) is 17.7 Å². The zero-order valence-corrected chi connectivity index (χ0v) is 19.4. The van der Waals surface area contributed by atoms with Crippen LogP contribution in [0.1, 0.15) is 35.2 Å². The van der Waals surface area contributed by atoms with Crippen molar-refractivity contribution in [2.24, 2.45) is 0 Å². The Morgan fingerprint density at radius 2 is 1.91 bits per heavy atom. The third kappa shape index (κ3) is 4.83. The number of anilines is 1. The number of hydrogen-bond donors (Lipinski definition) is 1. The fourth-order valence-electron chi connectivity index (χ4n) is 5.25. The van der Waals surface area contributed by atoms with E-state index in [2.05, 4.69) is 39.4 Å². The molecule has 3 aromatic rings. The van der Waals surface area contributed by atoms with E-state index in [9.17, 15) is 4.79 Å². The fourth-order valence-corrected chi connectivity index (χ4v) is 5.25. The molecule has 0 unspecified atom stereocenters. The van der Waals surface area contributed by atoms with Crippen LogP contribution < -0.4 is 15.0 Å². The lowest BCUT2D eigenvalue weighted by Gasteiger charge is -2.46. The lowest BCUT2D eigenvalue weighted by Crippen LogP contribution is -2.55. The number of nitrogens with one attached hydrogen (secondary N) is 1. The first-order valence-corrected chi connectivity index (χ1v) is 12.1. The lowest BCUT2D eigenvalue weighted by atomic mass is 9.93. The zero-order valence-electron chi connectivity index (χ0n) is 19.4. The highest BCUT2D eigenvalue weighted by Crippen LogP contribution is 2.35. The topological polar surface area (TPSA) is 44.8 Å². The van der Waals surface area contributed by atoms with Gasteiger partial charge in [-0.3, -0.25) is 9.69 Å². The summed E-state index contributed by atoms with van der Waals surface area (Å²) in [5, 5.41) is 5.36. The minimum absolute atomic E-state index is 0.0191. The molecule has 1 fully saturated rings. The van der Waals surface area contributed by atoms with Crippen molar-refractivity contribution in [3.8, 4) is 5.75 Å². The highest BCUT2D eigenvalue weighted by atomic mass is 16.5. The highest BCUT2D eigenvalue weighted by molar-refractivity contribution is 5.98. The van der Waals surface area contributed by atoms with Gasteiger partial charge in [0.05, 0.1) is 7.11 Å². The van der Waals surface area contributed by atoms with Crippen LogP contribution in [0.4, 0.5) is 5.69 Å². The first kappa shape index (κ1) is 21.8. The molecule has 0 saturated carbocycles. The summed E-state index contributed by atoms with van der Waals surface area (Å²) >= 11 is 0. The van der Waals surface area contributed by atoms with E-state index in [-0.39, 0.29) is 5.91 Å². The summed E-state index contributed by atoms with van der Waals surface area (Å²) in [6.07, 6.45) is 4.48. The molecule has 1 N–H and O–H groups in total. The van der Waals surface area contributed by atoms with E-state index in [1.807, 2.05) is 36.4 Å². The van der Waals surface area contributed by atoms with E-state index in [0.29, 0.717) is 6.04 Å². The molecule has 33 heavy (non-hydrogen) atoms. The summed E-state index contributed by atoms with van der Waals surface area (Å²) < 4.78 is 5.45. The Kier molecular flexibility index (Phi) is 6.49. The zero-order chi connectivity index (χ0) is 22.6. The summed E-state index contributed by atoms with van der Waals surface area (Å²) in [5.74, 6) is 0.966. The number of nitrogens with zero attached hydrogens (tertiary/aromatic N) is 2. The number of methoxy groups -OCH3 is 1. The van der Waals surface area contributed by atoms with Crippen molar-refractivity contribution in [2.75, 3.05) is 44.7 Å². The molecule has 1 saturated heterocycles. The molecule has 5 heteroatoms. The number of benzene rings is 3. The Morgan fingerprint density at radius 1 is 1.03 bits per heavy atom. The van der Waals surface area contributed by atoms with Crippen molar-refractivity contribution in [1.29, 1.82) is 0 Å². The third-order valence-corrected chi connectivity index (χ3v) is 7.11. The molecule has 2 aliphatic rings. The molecule has 5 nitrogen and oxygen atoms in total. The van der Waals surface area contributed by atoms with Crippen molar-refractivity contribution >= 4 is 22.4 Å². The van der Waals surface area contributed by atoms with E-state index >= 15 is 0 Å². The number of unbranched alkanes of at least 4 members (excludes halogenated alkanes) is 1. The van der Waals surface area contributed by atoms with Gasteiger partial charge in [0.15, 0.2) is 0 Å². The highest BCUT2D eigenvalue weighted by Gasteiger charge is 2.31. The first-order valence-electron chi connectivity index (χ1n) is 12.1. The van der Waals surface area contributed by atoms with Crippen molar-refractivity contribution in [2.45, 2.75) is 31.7 Å². The Morgan fingerprint density at radius 3 is 2.79 bits per heavy atom. The molecule has 0 spiro atoms. The molecule has 1 atom stereocenters. The average molecular weight is 444 g/mol. The molecule has 0 bridgehead atoms. The van der Waals surface area contributed by atoms with Gasteiger partial charge in [-0.15, -0.1) is 0 Å². The fraction of sp³-hybridized carbons (Fsp3) is 0.393. The van der Waals surface area contributed by atoms with Gasteiger partial charge in [0.25, 0.3) is 5.91 Å². The summed E-state index contributed by atoms with van der Waals surface area (Å²) in [4.78, 5) is 17.7. The minimum atomic E-state index is 0.0191. The summed E-state index contributed by atoms with van der Waals surface area (Å²) in [6, 6.07) is 21.1. The molecule has 172 valence electrons. The molecular formula is C28H33N3O2. The number of carbonyl (C=O) groups is 1. The second-order valence-electron chi connectivity index (χ2n) is 9.21. The van der Waals surface area contributed by atoms with E-state index in [1.54, 1.807) is 7.11 Å². The number of carbonyl (C=O) groups excluding carboxylic acids is 1. The van der Waals surface area contributed by atoms with Gasteiger partial charge in [-0.25, -0.2) is 0 Å².